The molecule has 1 heterocycles. The van der Waals surface area contributed by atoms with Crippen LogP contribution in [0.25, 0.3) is 16.8 Å². The van der Waals surface area contributed by atoms with Crippen LogP contribution in [-0.4, -0.2) is 19.4 Å². The lowest BCUT2D eigenvalue weighted by atomic mass is 10.1. The number of hydrogen-bond donors (Lipinski definition) is 3. The SMILES string of the molecule is Cc1ccc(-c2csc(/C(C#N)=C\Nc3ccc(S(=O)(=O)NC(N)=O)cc3)n2)cc1. The van der Waals surface area contributed by atoms with Crippen molar-refractivity contribution in [2.75, 3.05) is 5.32 Å². The molecule has 2 amide bonds. The van der Waals surface area contributed by atoms with Crippen LogP contribution >= 0.6 is 11.3 Å². The fraction of sp³-hybridized carbons (Fsp3) is 0.0500. The monoisotopic (exact) mass is 439 g/mol. The first-order valence-corrected chi connectivity index (χ1v) is 11.0. The van der Waals surface area contributed by atoms with Gasteiger partial charge < -0.3 is 11.1 Å². The summed E-state index contributed by atoms with van der Waals surface area (Å²) in [5.41, 5.74) is 8.65. The van der Waals surface area contributed by atoms with Crippen LogP contribution in [0, 0.1) is 18.3 Å². The number of thiazole rings is 1. The maximum absolute atomic E-state index is 11.9. The third kappa shape index (κ3) is 5.02. The molecule has 0 spiro atoms. The number of allylic oxidation sites excluding steroid dienone is 1. The lowest BCUT2D eigenvalue weighted by Gasteiger charge is -2.06. The van der Waals surface area contributed by atoms with Gasteiger partial charge in [0.2, 0.25) is 0 Å². The summed E-state index contributed by atoms with van der Waals surface area (Å²) in [5.74, 6) is 0. The number of anilines is 1. The van der Waals surface area contributed by atoms with E-state index in [1.807, 2.05) is 36.6 Å². The Morgan fingerprint density at radius 1 is 1.17 bits per heavy atom. The lowest BCUT2D eigenvalue weighted by Crippen LogP contribution is -2.34. The number of aromatic nitrogens is 1. The summed E-state index contributed by atoms with van der Waals surface area (Å²) in [4.78, 5) is 15.2. The Balaban J connectivity index is 1.76. The first-order chi connectivity index (χ1) is 14.3. The van der Waals surface area contributed by atoms with Crippen LogP contribution in [0.5, 0.6) is 0 Å². The highest BCUT2D eigenvalue weighted by atomic mass is 32.2. The number of nitrogens with two attached hydrogens (primary N) is 1. The van der Waals surface area contributed by atoms with Crippen LogP contribution in [0.1, 0.15) is 10.6 Å². The number of nitriles is 1. The molecule has 30 heavy (non-hydrogen) atoms. The zero-order valence-electron chi connectivity index (χ0n) is 15.8. The Bertz CT molecular complexity index is 1240. The summed E-state index contributed by atoms with van der Waals surface area (Å²) in [7, 11) is -4.01. The minimum atomic E-state index is -4.01. The van der Waals surface area contributed by atoms with Crippen LogP contribution in [-0.2, 0) is 10.0 Å². The van der Waals surface area contributed by atoms with E-state index in [-0.39, 0.29) is 4.90 Å². The van der Waals surface area contributed by atoms with Crippen LogP contribution < -0.4 is 15.8 Å². The fourth-order valence-electron chi connectivity index (χ4n) is 2.47. The standard InChI is InChI=1S/C20H17N5O3S2/c1-13-2-4-14(5-3-13)18-12-29-19(24-18)15(10-21)11-23-16-6-8-17(9-7-16)30(27,28)25-20(22)26/h2-9,11-12,23H,1H3,(H3,22,25,26)/b15-11-. The second kappa shape index (κ2) is 8.77. The van der Waals surface area contributed by atoms with E-state index < -0.39 is 16.1 Å². The van der Waals surface area contributed by atoms with Crippen molar-refractivity contribution < 1.29 is 13.2 Å². The molecule has 0 atom stereocenters. The molecule has 0 saturated heterocycles. The molecule has 4 N–H and O–H groups in total. The van der Waals surface area contributed by atoms with Gasteiger partial charge in [0.05, 0.1) is 10.6 Å². The van der Waals surface area contributed by atoms with Crippen LogP contribution in [0.15, 0.2) is 65.0 Å². The summed E-state index contributed by atoms with van der Waals surface area (Å²) in [6, 6.07) is 14.5. The molecule has 0 aliphatic heterocycles. The molecule has 1 aromatic heterocycles. The number of sulfonamides is 1. The highest BCUT2D eigenvalue weighted by molar-refractivity contribution is 7.90. The van der Waals surface area contributed by atoms with Gasteiger partial charge in [-0.25, -0.2) is 22.9 Å². The Morgan fingerprint density at radius 3 is 2.43 bits per heavy atom. The van der Waals surface area contributed by atoms with Gasteiger partial charge >= 0.3 is 6.03 Å². The van der Waals surface area contributed by atoms with Crippen LogP contribution in [0.4, 0.5) is 10.5 Å². The minimum Gasteiger partial charge on any atom is -0.360 e. The van der Waals surface area contributed by atoms with E-state index in [1.54, 1.807) is 4.72 Å². The molecule has 0 bridgehead atoms. The first-order valence-electron chi connectivity index (χ1n) is 8.60. The molecule has 0 radical (unpaired) electrons. The van der Waals surface area contributed by atoms with Crippen molar-refractivity contribution in [1.29, 1.82) is 5.26 Å². The molecule has 0 aliphatic rings. The highest BCUT2D eigenvalue weighted by Gasteiger charge is 2.15. The van der Waals surface area contributed by atoms with Crippen molar-refractivity contribution in [2.24, 2.45) is 5.73 Å². The molecule has 0 unspecified atom stereocenters. The molecule has 10 heteroatoms. The Kier molecular flexibility index (Phi) is 6.15. The van der Waals surface area contributed by atoms with E-state index in [1.165, 1.54) is 41.8 Å². The number of urea groups is 1. The summed E-state index contributed by atoms with van der Waals surface area (Å²) in [6.45, 7) is 2.01. The number of rotatable bonds is 6. The first kappa shape index (κ1) is 21.0. The number of carbonyl (C=O) groups is 1. The number of benzene rings is 2. The second-order valence-electron chi connectivity index (χ2n) is 6.21. The van der Waals surface area contributed by atoms with Gasteiger partial charge in [-0.1, -0.05) is 29.8 Å². The van der Waals surface area contributed by atoms with Gasteiger partial charge in [0.25, 0.3) is 10.0 Å². The number of hydrogen-bond acceptors (Lipinski definition) is 7. The molecule has 3 rings (SSSR count). The van der Waals surface area contributed by atoms with E-state index >= 15 is 0 Å². The smallest absolute Gasteiger partial charge is 0.326 e. The second-order valence-corrected chi connectivity index (χ2v) is 8.75. The minimum absolute atomic E-state index is 0.112. The average molecular weight is 440 g/mol. The Hall–Kier alpha value is -3.68. The van der Waals surface area contributed by atoms with Crippen molar-refractivity contribution in [1.82, 2.24) is 9.71 Å². The molecule has 0 saturated carbocycles. The van der Waals surface area contributed by atoms with E-state index in [0.29, 0.717) is 16.3 Å². The van der Waals surface area contributed by atoms with Gasteiger partial charge in [-0.05, 0) is 31.2 Å². The number of amides is 2. The van der Waals surface area contributed by atoms with Crippen molar-refractivity contribution in [3.63, 3.8) is 0 Å². The van der Waals surface area contributed by atoms with E-state index in [4.69, 9.17) is 5.73 Å². The van der Waals surface area contributed by atoms with Gasteiger partial charge in [0.15, 0.2) is 0 Å². The molecular weight excluding hydrogens is 422 g/mol. The molecule has 152 valence electrons. The van der Waals surface area contributed by atoms with Crippen molar-refractivity contribution >= 4 is 38.7 Å². The lowest BCUT2D eigenvalue weighted by molar-refractivity contribution is 0.253. The highest BCUT2D eigenvalue weighted by Crippen LogP contribution is 2.26. The largest absolute Gasteiger partial charge is 0.360 e. The van der Waals surface area contributed by atoms with Gasteiger partial charge in [-0.3, -0.25) is 0 Å². The zero-order chi connectivity index (χ0) is 21.7. The molecule has 8 nitrogen and oxygen atoms in total. The molecule has 0 fully saturated rings. The third-order valence-electron chi connectivity index (χ3n) is 3.99. The van der Waals surface area contributed by atoms with Crippen LogP contribution in [0.2, 0.25) is 0 Å². The average Bonchev–Trinajstić information content (AvgIpc) is 3.18. The van der Waals surface area contributed by atoms with Gasteiger partial charge in [-0.15, -0.1) is 11.3 Å². The van der Waals surface area contributed by atoms with Crippen molar-refractivity contribution in [3.8, 4) is 17.3 Å². The quantitative estimate of drug-likeness (QED) is 0.503. The van der Waals surface area contributed by atoms with E-state index in [9.17, 15) is 18.5 Å². The van der Waals surface area contributed by atoms with Crippen LogP contribution in [0.3, 0.4) is 0 Å². The number of nitrogens with one attached hydrogen (secondary N) is 2. The predicted molar refractivity (Wildman–Crippen MR) is 116 cm³/mol. The third-order valence-corrected chi connectivity index (χ3v) is 6.22. The maximum atomic E-state index is 11.9. The summed E-state index contributed by atoms with van der Waals surface area (Å²) < 4.78 is 25.5. The van der Waals surface area contributed by atoms with Gasteiger partial charge in [0, 0.05) is 22.8 Å². The predicted octanol–water partition coefficient (Wildman–Crippen LogP) is 3.45. The zero-order valence-corrected chi connectivity index (χ0v) is 17.4. The fourth-order valence-corrected chi connectivity index (χ4v) is 4.15. The normalized spacial score (nSPS) is 11.5. The molecule has 0 aliphatic carbocycles. The molecular formula is C20H17N5O3S2. The Morgan fingerprint density at radius 2 is 1.83 bits per heavy atom. The maximum Gasteiger partial charge on any atom is 0.326 e. The summed E-state index contributed by atoms with van der Waals surface area (Å²) in [5, 5.41) is 14.9. The van der Waals surface area contributed by atoms with Gasteiger partial charge in [-0.2, -0.15) is 5.26 Å². The number of primary amides is 1. The summed E-state index contributed by atoms with van der Waals surface area (Å²) in [6.07, 6.45) is 1.50. The Labute approximate surface area is 177 Å². The van der Waals surface area contributed by atoms with Gasteiger partial charge in [0.1, 0.15) is 16.6 Å². The number of nitrogens with zero attached hydrogens (tertiary/aromatic N) is 2. The molecule has 3 aromatic rings. The summed E-state index contributed by atoms with van der Waals surface area (Å²) >= 11 is 1.35. The van der Waals surface area contributed by atoms with E-state index in [2.05, 4.69) is 16.4 Å². The molecule has 2 aromatic carbocycles. The van der Waals surface area contributed by atoms with E-state index in [0.717, 1.165) is 16.8 Å². The number of carbonyl (C=O) groups excluding carboxylic acids is 1. The number of aryl methyl sites for hydroxylation is 1. The van der Waals surface area contributed by atoms with Crippen molar-refractivity contribution in [3.05, 3.63) is 70.7 Å². The topological polar surface area (TPSA) is 138 Å². The van der Waals surface area contributed by atoms with Crippen molar-refractivity contribution in [2.45, 2.75) is 11.8 Å².